The van der Waals surface area contributed by atoms with Crippen LogP contribution in [0.25, 0.3) is 0 Å². The number of hydrogen-bond donors (Lipinski definition) is 11. The van der Waals surface area contributed by atoms with Gasteiger partial charge in [0.1, 0.15) is 43.0 Å². The zero-order chi connectivity index (χ0) is 25.0. The summed E-state index contributed by atoms with van der Waals surface area (Å²) in [4.78, 5) is 43.7. The summed E-state index contributed by atoms with van der Waals surface area (Å²) in [5.41, 5.74) is 5.23. The van der Waals surface area contributed by atoms with Crippen molar-refractivity contribution in [1.82, 2.24) is 10.6 Å². The van der Waals surface area contributed by atoms with Crippen LogP contribution in [0.4, 0.5) is 0 Å². The molecule has 1 rings (SSSR count). The van der Waals surface area contributed by atoms with Crippen LogP contribution in [-0.4, -0.2) is 121 Å². The second-order valence-electron chi connectivity index (χ2n) is 6.62. The minimum atomic E-state index is -1.57. The van der Waals surface area contributed by atoms with E-state index in [4.69, 9.17) is 41.5 Å². The number of nitrogens with two attached hydrogens (primary N) is 1. The summed E-state index contributed by atoms with van der Waals surface area (Å²) in [7, 11) is 0. The van der Waals surface area contributed by atoms with Gasteiger partial charge in [-0.1, -0.05) is 0 Å². The summed E-state index contributed by atoms with van der Waals surface area (Å²) in [5.74, 6) is -3.70. The third-order valence-electron chi connectivity index (χ3n) is 4.11. The molecule has 186 valence electrons. The molecule has 1 aliphatic heterocycles. The molecule has 1 fully saturated rings. The zero-order valence-corrected chi connectivity index (χ0v) is 17.7. The van der Waals surface area contributed by atoms with Gasteiger partial charge in [0.25, 0.3) is 0 Å². The molecule has 16 heteroatoms. The molecule has 0 spiro atoms. The molecule has 1 saturated heterocycles. The largest absolute Gasteiger partial charge is 0.480 e. The Bertz CT molecular complexity index is 635. The minimum absolute atomic E-state index is 0.0256. The van der Waals surface area contributed by atoms with Gasteiger partial charge < -0.3 is 56.8 Å². The van der Waals surface area contributed by atoms with Gasteiger partial charge in [-0.15, -0.1) is 0 Å². The van der Waals surface area contributed by atoms with Gasteiger partial charge in [0.2, 0.25) is 11.8 Å². The summed E-state index contributed by atoms with van der Waals surface area (Å²) in [6.45, 7) is -1.09. The fourth-order valence-corrected chi connectivity index (χ4v) is 2.50. The molecule has 0 aromatic rings. The summed E-state index contributed by atoms with van der Waals surface area (Å²) < 4.78 is 4.58. The standard InChI is InChI=1S/C10H17N3O6S.C6H12O6/c11-5(10(18)19)1-2-7(14)13-6(4-20)9(17)12-3-8(15)16;7-1-2-3(8)4(9)5(10)6(11)12-2/h5-6,20H,1-4,11H2,(H,12,17)(H,13,14)(H,15,16)(H,18,19);2-11H,1H2/t5-,6-;2-,3-,4+,5-,6-/m01/s1. The topological polar surface area (TPSA) is 269 Å². The van der Waals surface area contributed by atoms with Crippen molar-refractivity contribution in [2.75, 3.05) is 18.9 Å². The maximum atomic E-state index is 11.5. The van der Waals surface area contributed by atoms with Crippen LogP contribution in [0.3, 0.4) is 0 Å². The van der Waals surface area contributed by atoms with Crippen LogP contribution in [0.15, 0.2) is 0 Å². The van der Waals surface area contributed by atoms with Gasteiger partial charge in [-0.3, -0.25) is 19.2 Å². The molecule has 0 aliphatic carbocycles. The van der Waals surface area contributed by atoms with Gasteiger partial charge in [0.15, 0.2) is 6.29 Å². The van der Waals surface area contributed by atoms with Crippen LogP contribution in [0.5, 0.6) is 0 Å². The highest BCUT2D eigenvalue weighted by molar-refractivity contribution is 7.80. The molecule has 0 bridgehead atoms. The molecule has 1 aliphatic rings. The van der Waals surface area contributed by atoms with Crippen molar-refractivity contribution in [2.45, 2.75) is 55.6 Å². The maximum absolute atomic E-state index is 11.5. The van der Waals surface area contributed by atoms with E-state index < -0.39 is 79.7 Å². The van der Waals surface area contributed by atoms with Gasteiger partial charge in [0, 0.05) is 12.2 Å². The highest BCUT2D eigenvalue weighted by Crippen LogP contribution is 2.19. The smallest absolute Gasteiger partial charge is 0.322 e. The fourth-order valence-electron chi connectivity index (χ4n) is 2.24. The summed E-state index contributed by atoms with van der Waals surface area (Å²) in [6, 6.07) is -2.15. The molecule has 0 aromatic heterocycles. The van der Waals surface area contributed by atoms with Crippen LogP contribution < -0.4 is 16.4 Å². The van der Waals surface area contributed by atoms with E-state index in [1.807, 2.05) is 0 Å². The molecular formula is C16H29N3O12S. The van der Waals surface area contributed by atoms with Crippen molar-refractivity contribution < 1.29 is 59.7 Å². The number of nitrogens with one attached hydrogen (secondary N) is 2. The molecule has 0 aromatic carbocycles. The predicted octanol–water partition coefficient (Wildman–Crippen LogP) is -5.43. The highest BCUT2D eigenvalue weighted by atomic mass is 32.1. The van der Waals surface area contributed by atoms with Crippen molar-refractivity contribution in [2.24, 2.45) is 5.73 Å². The SMILES string of the molecule is N[C@@H](CCC(=O)N[C@@H](CS)C(=O)NCC(=O)O)C(=O)O.OC[C@H]1O[C@@H](O)[C@H](O)[C@@H](O)[C@@H]1O. The quantitative estimate of drug-likeness (QED) is 0.129. The number of thiol groups is 1. The Morgan fingerprint density at radius 1 is 1.03 bits per heavy atom. The van der Waals surface area contributed by atoms with Gasteiger partial charge in [-0.25, -0.2) is 0 Å². The van der Waals surface area contributed by atoms with Gasteiger partial charge in [-0.2, -0.15) is 12.6 Å². The molecule has 0 unspecified atom stereocenters. The van der Waals surface area contributed by atoms with Crippen LogP contribution in [0.2, 0.25) is 0 Å². The number of amides is 2. The molecule has 0 saturated carbocycles. The molecule has 1 heterocycles. The molecule has 32 heavy (non-hydrogen) atoms. The van der Waals surface area contributed by atoms with E-state index in [0.29, 0.717) is 0 Å². The summed E-state index contributed by atoms with van der Waals surface area (Å²) in [6.07, 6.45) is -7.28. The lowest BCUT2D eigenvalue weighted by Gasteiger charge is -2.37. The first-order chi connectivity index (χ1) is 14.8. The Balaban J connectivity index is 0.000000677. The van der Waals surface area contributed by atoms with E-state index in [2.05, 4.69) is 28.0 Å². The first-order valence-corrected chi connectivity index (χ1v) is 9.85. The Hall–Kier alpha value is -2.05. The van der Waals surface area contributed by atoms with Crippen molar-refractivity contribution >= 4 is 36.4 Å². The lowest BCUT2D eigenvalue weighted by atomic mass is 10.00. The fraction of sp³-hybridized carbons (Fsp3) is 0.750. The molecule has 11 N–H and O–H groups in total. The number of carbonyl (C=O) groups excluding carboxylic acids is 2. The van der Waals surface area contributed by atoms with E-state index in [9.17, 15) is 19.2 Å². The Kier molecular flexibility index (Phi) is 14.0. The van der Waals surface area contributed by atoms with Crippen LogP contribution >= 0.6 is 12.6 Å². The predicted molar refractivity (Wildman–Crippen MR) is 107 cm³/mol. The van der Waals surface area contributed by atoms with Crippen molar-refractivity contribution in [3.63, 3.8) is 0 Å². The number of carbonyl (C=O) groups is 4. The summed E-state index contributed by atoms with van der Waals surface area (Å²) in [5, 5.41) is 66.0. The third kappa shape index (κ3) is 10.5. The third-order valence-corrected chi connectivity index (χ3v) is 4.48. The van der Waals surface area contributed by atoms with Crippen LogP contribution in [0.1, 0.15) is 12.8 Å². The number of aliphatic hydroxyl groups excluding tert-OH is 5. The zero-order valence-electron chi connectivity index (χ0n) is 16.8. The Labute approximate surface area is 187 Å². The van der Waals surface area contributed by atoms with Crippen molar-refractivity contribution in [3.05, 3.63) is 0 Å². The average Bonchev–Trinajstić information content (AvgIpc) is 2.75. The number of aliphatic carboxylic acids is 2. The second kappa shape index (κ2) is 14.9. The molecule has 2 amide bonds. The first kappa shape index (κ1) is 29.9. The molecular weight excluding hydrogens is 458 g/mol. The van der Waals surface area contributed by atoms with Crippen molar-refractivity contribution in [1.29, 1.82) is 0 Å². The number of carboxylic acids is 2. The van der Waals surface area contributed by atoms with Gasteiger partial charge in [0.05, 0.1) is 6.61 Å². The number of rotatable bonds is 10. The monoisotopic (exact) mass is 487 g/mol. The normalized spacial score (nSPS) is 26.7. The van der Waals surface area contributed by atoms with E-state index in [-0.39, 0.29) is 18.6 Å². The van der Waals surface area contributed by atoms with Crippen LogP contribution in [-0.2, 0) is 23.9 Å². The van der Waals surface area contributed by atoms with E-state index in [1.54, 1.807) is 0 Å². The highest BCUT2D eigenvalue weighted by Gasteiger charge is 2.42. The van der Waals surface area contributed by atoms with Gasteiger partial charge in [-0.05, 0) is 6.42 Å². The van der Waals surface area contributed by atoms with Gasteiger partial charge >= 0.3 is 11.9 Å². The Morgan fingerprint density at radius 3 is 2.09 bits per heavy atom. The molecule has 15 nitrogen and oxygen atoms in total. The molecule has 0 radical (unpaired) electrons. The van der Waals surface area contributed by atoms with E-state index in [1.165, 1.54) is 0 Å². The lowest BCUT2D eigenvalue weighted by Crippen LogP contribution is -2.58. The number of ether oxygens (including phenoxy) is 1. The molecule has 7 atom stereocenters. The summed E-state index contributed by atoms with van der Waals surface area (Å²) >= 11 is 3.87. The second-order valence-corrected chi connectivity index (χ2v) is 6.98. The first-order valence-electron chi connectivity index (χ1n) is 9.22. The average molecular weight is 487 g/mol. The Morgan fingerprint density at radius 2 is 1.62 bits per heavy atom. The maximum Gasteiger partial charge on any atom is 0.322 e. The number of carboxylic acid groups (broad SMARTS) is 2. The number of aliphatic hydroxyl groups is 5. The minimum Gasteiger partial charge on any atom is -0.480 e. The number of hydrogen-bond acceptors (Lipinski definition) is 12. The van der Waals surface area contributed by atoms with E-state index >= 15 is 0 Å². The lowest BCUT2D eigenvalue weighted by molar-refractivity contribution is -0.286. The van der Waals surface area contributed by atoms with Crippen molar-refractivity contribution in [3.8, 4) is 0 Å². The van der Waals surface area contributed by atoms with Crippen LogP contribution in [0, 0.1) is 0 Å². The van der Waals surface area contributed by atoms with E-state index in [0.717, 1.165) is 0 Å².